The van der Waals surface area contributed by atoms with E-state index in [1.165, 1.54) is 32.0 Å². The first-order chi connectivity index (χ1) is 8.31. The van der Waals surface area contributed by atoms with Crippen LogP contribution in [0.4, 0.5) is 5.82 Å². The van der Waals surface area contributed by atoms with E-state index >= 15 is 0 Å². The third-order valence-electron chi connectivity index (χ3n) is 3.57. The van der Waals surface area contributed by atoms with Gasteiger partial charge in [-0.15, -0.1) is 0 Å². The Morgan fingerprint density at radius 1 is 1.35 bits per heavy atom. The highest BCUT2D eigenvalue weighted by Crippen LogP contribution is 2.29. The van der Waals surface area contributed by atoms with Crippen molar-refractivity contribution in [3.8, 4) is 0 Å². The normalized spacial score (nSPS) is 24.6. The quantitative estimate of drug-likeness (QED) is 0.866. The van der Waals surface area contributed by atoms with Crippen LogP contribution in [-0.2, 0) is 0 Å². The lowest BCUT2D eigenvalue weighted by atomic mass is 9.79. The number of nitrogens with one attached hydrogen (secondary N) is 1. The molecule has 1 saturated carbocycles. The highest BCUT2D eigenvalue weighted by Gasteiger charge is 2.23. The van der Waals surface area contributed by atoms with Crippen LogP contribution in [-0.4, -0.2) is 23.1 Å². The number of hydrogen-bond donors (Lipinski definition) is 2. The summed E-state index contributed by atoms with van der Waals surface area (Å²) in [5.41, 5.74) is 5.81. The first-order valence-corrected chi connectivity index (χ1v) is 6.58. The molecule has 2 atom stereocenters. The van der Waals surface area contributed by atoms with Gasteiger partial charge in [0.1, 0.15) is 17.2 Å². The van der Waals surface area contributed by atoms with Crippen LogP contribution in [0.25, 0.3) is 0 Å². The number of aromatic nitrogens is 2. The van der Waals surface area contributed by atoms with Crippen molar-refractivity contribution >= 4 is 17.4 Å². The van der Waals surface area contributed by atoms with Crippen molar-refractivity contribution < 1.29 is 0 Å². The molecule has 0 amide bonds. The van der Waals surface area contributed by atoms with Gasteiger partial charge in [0.05, 0.1) is 6.20 Å². The van der Waals surface area contributed by atoms with Gasteiger partial charge >= 0.3 is 0 Å². The molecule has 0 saturated heterocycles. The summed E-state index contributed by atoms with van der Waals surface area (Å²) in [6.45, 7) is 1.68. The van der Waals surface area contributed by atoms with Crippen molar-refractivity contribution in [1.82, 2.24) is 9.97 Å². The van der Waals surface area contributed by atoms with Crippen LogP contribution in [0.2, 0.25) is 5.02 Å². The third-order valence-corrected chi connectivity index (χ3v) is 3.85. The Balaban J connectivity index is 1.90. The van der Waals surface area contributed by atoms with Crippen LogP contribution in [0.15, 0.2) is 12.5 Å². The van der Waals surface area contributed by atoms with E-state index in [4.69, 9.17) is 17.3 Å². The number of hydrogen-bond acceptors (Lipinski definition) is 4. The molecule has 94 valence electrons. The summed E-state index contributed by atoms with van der Waals surface area (Å²) in [5, 5.41) is 3.88. The van der Waals surface area contributed by atoms with Crippen molar-refractivity contribution in [1.29, 1.82) is 0 Å². The van der Waals surface area contributed by atoms with E-state index in [0.29, 0.717) is 16.9 Å². The van der Waals surface area contributed by atoms with Gasteiger partial charge in [-0.1, -0.05) is 24.4 Å². The molecule has 0 bridgehead atoms. The lowest BCUT2D eigenvalue weighted by Gasteiger charge is -2.30. The molecule has 0 radical (unpaired) electrons. The number of halogens is 1. The summed E-state index contributed by atoms with van der Waals surface area (Å²) < 4.78 is 0. The standard InChI is InChI=1S/C12H19ClN4/c13-11-7-15-8-17-12(11)16-6-10-4-2-1-3-9(10)5-14/h7-10H,1-6,14H2,(H,15,16,17). The van der Waals surface area contributed by atoms with Gasteiger partial charge in [-0.05, 0) is 31.2 Å². The van der Waals surface area contributed by atoms with Gasteiger partial charge in [0.2, 0.25) is 0 Å². The van der Waals surface area contributed by atoms with Gasteiger partial charge in [0.15, 0.2) is 0 Å². The van der Waals surface area contributed by atoms with Gasteiger partial charge < -0.3 is 11.1 Å². The second-order valence-electron chi connectivity index (χ2n) is 4.64. The zero-order valence-electron chi connectivity index (χ0n) is 9.90. The van der Waals surface area contributed by atoms with E-state index in [2.05, 4.69) is 15.3 Å². The van der Waals surface area contributed by atoms with Crippen molar-refractivity contribution in [2.45, 2.75) is 25.7 Å². The molecule has 1 heterocycles. The summed E-state index contributed by atoms with van der Waals surface area (Å²) in [6.07, 6.45) is 8.23. The van der Waals surface area contributed by atoms with Gasteiger partial charge in [-0.2, -0.15) is 0 Å². The highest BCUT2D eigenvalue weighted by atomic mass is 35.5. The molecule has 1 fully saturated rings. The van der Waals surface area contributed by atoms with Crippen molar-refractivity contribution in [2.75, 3.05) is 18.4 Å². The number of nitrogens with zero attached hydrogens (tertiary/aromatic N) is 2. The van der Waals surface area contributed by atoms with E-state index in [0.717, 1.165) is 18.9 Å². The third kappa shape index (κ3) is 3.30. The molecule has 2 unspecified atom stereocenters. The van der Waals surface area contributed by atoms with Crippen molar-refractivity contribution in [3.05, 3.63) is 17.5 Å². The highest BCUT2D eigenvalue weighted by molar-refractivity contribution is 6.32. The van der Waals surface area contributed by atoms with E-state index in [9.17, 15) is 0 Å². The summed E-state index contributed by atoms with van der Waals surface area (Å²) in [6, 6.07) is 0. The Morgan fingerprint density at radius 2 is 2.12 bits per heavy atom. The predicted molar refractivity (Wildman–Crippen MR) is 70.0 cm³/mol. The molecule has 17 heavy (non-hydrogen) atoms. The molecule has 1 aliphatic carbocycles. The van der Waals surface area contributed by atoms with Gasteiger partial charge in [-0.25, -0.2) is 9.97 Å². The second-order valence-corrected chi connectivity index (χ2v) is 5.05. The van der Waals surface area contributed by atoms with E-state index in [1.54, 1.807) is 6.20 Å². The molecule has 2 rings (SSSR count). The fourth-order valence-corrected chi connectivity index (χ4v) is 2.71. The predicted octanol–water partition coefficient (Wildman–Crippen LogP) is 2.31. The number of rotatable bonds is 4. The molecule has 1 aromatic rings. The van der Waals surface area contributed by atoms with Crippen LogP contribution in [0.1, 0.15) is 25.7 Å². The summed E-state index contributed by atoms with van der Waals surface area (Å²) in [4.78, 5) is 8.00. The van der Waals surface area contributed by atoms with Gasteiger partial charge in [-0.3, -0.25) is 0 Å². The maximum atomic E-state index is 6.00. The van der Waals surface area contributed by atoms with Gasteiger partial charge in [0, 0.05) is 6.54 Å². The largest absolute Gasteiger partial charge is 0.368 e. The smallest absolute Gasteiger partial charge is 0.148 e. The first-order valence-electron chi connectivity index (χ1n) is 6.20. The SMILES string of the molecule is NCC1CCCCC1CNc1ncncc1Cl. The van der Waals surface area contributed by atoms with E-state index in [1.807, 2.05) is 0 Å². The minimum atomic E-state index is 0.576. The molecule has 1 aliphatic rings. The maximum Gasteiger partial charge on any atom is 0.148 e. The summed E-state index contributed by atoms with van der Waals surface area (Å²) >= 11 is 6.00. The average molecular weight is 255 g/mol. The van der Waals surface area contributed by atoms with Crippen LogP contribution < -0.4 is 11.1 Å². The van der Waals surface area contributed by atoms with Crippen molar-refractivity contribution in [2.24, 2.45) is 17.6 Å². The fourth-order valence-electron chi connectivity index (χ4n) is 2.53. The van der Waals surface area contributed by atoms with Crippen LogP contribution in [0.3, 0.4) is 0 Å². The molecule has 3 N–H and O–H groups in total. The summed E-state index contributed by atoms with van der Waals surface area (Å²) in [7, 11) is 0. The second kappa shape index (κ2) is 6.17. The zero-order chi connectivity index (χ0) is 12.1. The molecule has 1 aromatic heterocycles. The fraction of sp³-hybridized carbons (Fsp3) is 0.667. The molecule has 0 spiro atoms. The zero-order valence-corrected chi connectivity index (χ0v) is 10.7. The van der Waals surface area contributed by atoms with Crippen LogP contribution in [0.5, 0.6) is 0 Å². The van der Waals surface area contributed by atoms with Crippen LogP contribution >= 0.6 is 11.6 Å². The lowest BCUT2D eigenvalue weighted by Crippen LogP contribution is -2.31. The Labute approximate surface area is 107 Å². The molecule has 0 aromatic carbocycles. The topological polar surface area (TPSA) is 63.8 Å². The van der Waals surface area contributed by atoms with E-state index in [-0.39, 0.29) is 0 Å². The van der Waals surface area contributed by atoms with E-state index < -0.39 is 0 Å². The Bertz CT molecular complexity index is 358. The first kappa shape index (κ1) is 12.6. The monoisotopic (exact) mass is 254 g/mol. The van der Waals surface area contributed by atoms with Gasteiger partial charge in [0.25, 0.3) is 0 Å². The maximum absolute atomic E-state index is 6.00. The molecule has 0 aliphatic heterocycles. The minimum absolute atomic E-state index is 0.576. The summed E-state index contributed by atoms with van der Waals surface area (Å²) in [5.74, 6) is 2.00. The Morgan fingerprint density at radius 3 is 2.82 bits per heavy atom. The molecular weight excluding hydrogens is 236 g/mol. The minimum Gasteiger partial charge on any atom is -0.368 e. The Hall–Kier alpha value is -0.870. The molecular formula is C12H19ClN4. The Kier molecular flexibility index (Phi) is 4.57. The number of anilines is 1. The van der Waals surface area contributed by atoms with Crippen molar-refractivity contribution in [3.63, 3.8) is 0 Å². The lowest BCUT2D eigenvalue weighted by molar-refractivity contribution is 0.255. The number of nitrogens with two attached hydrogens (primary N) is 1. The molecule has 5 heteroatoms. The van der Waals surface area contributed by atoms with Crippen LogP contribution in [0, 0.1) is 11.8 Å². The molecule has 4 nitrogen and oxygen atoms in total. The average Bonchev–Trinajstić information content (AvgIpc) is 2.38.